The smallest absolute Gasteiger partial charge is 0.197 e. The van der Waals surface area contributed by atoms with E-state index in [1.165, 1.54) is 11.1 Å². The third-order valence-corrected chi connectivity index (χ3v) is 5.46. The lowest BCUT2D eigenvalue weighted by Gasteiger charge is -2.42. The average Bonchev–Trinajstić information content (AvgIpc) is 2.67. The van der Waals surface area contributed by atoms with Crippen LogP contribution in [0.25, 0.3) is 0 Å². The molecule has 0 bridgehead atoms. The Kier molecular flexibility index (Phi) is 8.93. The molecule has 0 amide bonds. The molecule has 0 aliphatic rings. The Morgan fingerprint density at radius 3 is 1.87 bits per heavy atom. The van der Waals surface area contributed by atoms with Gasteiger partial charge in [0.1, 0.15) is 5.75 Å². The lowest BCUT2D eigenvalue weighted by atomic mass is 9.85. The van der Waals surface area contributed by atoms with Gasteiger partial charge in [-0.1, -0.05) is 70.2 Å². The first kappa shape index (κ1) is 24.4. The molecule has 2 rings (SSSR count). The number of nitrogens with zero attached hydrogens (tertiary/aromatic N) is 1. The number of ether oxygens (including phenoxy) is 2. The van der Waals surface area contributed by atoms with Gasteiger partial charge < -0.3 is 9.47 Å². The number of benzene rings is 2. The number of para-hydroxylation sites is 1. The van der Waals surface area contributed by atoms with E-state index in [4.69, 9.17) is 9.47 Å². The summed E-state index contributed by atoms with van der Waals surface area (Å²) >= 11 is 0. The summed E-state index contributed by atoms with van der Waals surface area (Å²) in [6.45, 7) is 20.1. The van der Waals surface area contributed by atoms with Gasteiger partial charge in [0, 0.05) is 18.6 Å². The molecular weight excluding hydrogens is 370 g/mol. The highest BCUT2D eigenvalue weighted by Gasteiger charge is 2.32. The van der Waals surface area contributed by atoms with Gasteiger partial charge in [0.15, 0.2) is 6.29 Å². The van der Waals surface area contributed by atoms with Crippen molar-refractivity contribution < 1.29 is 9.47 Å². The van der Waals surface area contributed by atoms with Gasteiger partial charge in [0.25, 0.3) is 0 Å². The molecule has 0 fully saturated rings. The second kappa shape index (κ2) is 11.0. The molecule has 0 saturated carbocycles. The van der Waals surface area contributed by atoms with Crippen LogP contribution >= 0.6 is 0 Å². The summed E-state index contributed by atoms with van der Waals surface area (Å²) in [4.78, 5) is 2.62. The van der Waals surface area contributed by atoms with Crippen LogP contribution in [0.3, 0.4) is 0 Å². The Labute approximate surface area is 184 Å². The third-order valence-electron chi connectivity index (χ3n) is 5.46. The van der Waals surface area contributed by atoms with Gasteiger partial charge in [-0.05, 0) is 62.8 Å². The Morgan fingerprint density at radius 1 is 0.767 bits per heavy atom. The average molecular weight is 412 g/mol. The van der Waals surface area contributed by atoms with Crippen molar-refractivity contribution in [2.75, 3.05) is 13.1 Å². The molecule has 0 heterocycles. The summed E-state index contributed by atoms with van der Waals surface area (Å²) in [5.41, 5.74) is 2.46. The van der Waals surface area contributed by atoms with Crippen molar-refractivity contribution in [3.05, 3.63) is 65.7 Å². The maximum Gasteiger partial charge on any atom is 0.197 e. The topological polar surface area (TPSA) is 21.7 Å². The Hall–Kier alpha value is -1.84. The van der Waals surface area contributed by atoms with Crippen molar-refractivity contribution in [3.63, 3.8) is 0 Å². The van der Waals surface area contributed by atoms with E-state index in [1.807, 2.05) is 37.3 Å². The second-order valence-electron chi connectivity index (χ2n) is 9.62. The van der Waals surface area contributed by atoms with Crippen LogP contribution < -0.4 is 4.74 Å². The lowest BCUT2D eigenvalue weighted by Crippen LogP contribution is -2.46. The van der Waals surface area contributed by atoms with Crippen molar-refractivity contribution in [2.45, 2.75) is 73.3 Å². The highest BCUT2D eigenvalue weighted by atomic mass is 16.7. The van der Waals surface area contributed by atoms with Crippen LogP contribution in [0.2, 0.25) is 0 Å². The standard InChI is InChI=1S/C27H41NO2/c1-20(2)18-28(19-21(3)4)27(7,8)26-17-13-12-16-25(26)22(5)29-23(6)30-24-14-10-9-11-15-24/h9-17,20-23H,18-19H2,1-8H3. The predicted octanol–water partition coefficient (Wildman–Crippen LogP) is 7.04. The van der Waals surface area contributed by atoms with Gasteiger partial charge in [-0.25, -0.2) is 0 Å². The SMILES string of the molecule is CC(C)CN(CC(C)C)C(C)(C)c1ccccc1C(C)OC(C)Oc1ccccc1. The minimum absolute atomic E-state index is 0.0702. The molecule has 166 valence electrons. The van der Waals surface area contributed by atoms with Crippen LogP contribution in [0.4, 0.5) is 0 Å². The van der Waals surface area contributed by atoms with Crippen molar-refractivity contribution in [1.29, 1.82) is 0 Å². The second-order valence-corrected chi connectivity index (χ2v) is 9.62. The van der Waals surface area contributed by atoms with E-state index in [-0.39, 0.29) is 17.9 Å². The maximum absolute atomic E-state index is 6.28. The molecule has 0 aliphatic heterocycles. The van der Waals surface area contributed by atoms with Gasteiger partial charge in [0.2, 0.25) is 0 Å². The molecule has 0 saturated heterocycles. The maximum atomic E-state index is 6.28. The van der Waals surface area contributed by atoms with E-state index < -0.39 is 0 Å². The van der Waals surface area contributed by atoms with Crippen LogP contribution in [0, 0.1) is 11.8 Å². The van der Waals surface area contributed by atoms with E-state index in [1.54, 1.807) is 0 Å². The van der Waals surface area contributed by atoms with Crippen molar-refractivity contribution >= 4 is 0 Å². The fourth-order valence-corrected chi connectivity index (χ4v) is 4.07. The fourth-order valence-electron chi connectivity index (χ4n) is 4.07. The number of hydrogen-bond donors (Lipinski definition) is 0. The molecule has 0 radical (unpaired) electrons. The predicted molar refractivity (Wildman–Crippen MR) is 127 cm³/mol. The monoisotopic (exact) mass is 411 g/mol. The molecule has 2 atom stereocenters. The first-order valence-corrected chi connectivity index (χ1v) is 11.3. The molecule has 0 spiro atoms. The quantitative estimate of drug-likeness (QED) is 0.370. The van der Waals surface area contributed by atoms with Crippen molar-refractivity contribution in [2.24, 2.45) is 11.8 Å². The Morgan fingerprint density at radius 2 is 1.30 bits per heavy atom. The molecule has 2 unspecified atom stereocenters. The van der Waals surface area contributed by atoms with Gasteiger partial charge >= 0.3 is 0 Å². The Bertz CT molecular complexity index is 744. The summed E-state index contributed by atoms with van der Waals surface area (Å²) in [6, 6.07) is 18.5. The molecule has 0 aliphatic carbocycles. The minimum Gasteiger partial charge on any atom is -0.465 e. The van der Waals surface area contributed by atoms with E-state index in [9.17, 15) is 0 Å². The normalized spacial score (nSPS) is 14.4. The molecule has 0 aromatic heterocycles. The zero-order valence-corrected chi connectivity index (χ0v) is 20.2. The van der Waals surface area contributed by atoms with E-state index in [2.05, 4.69) is 77.6 Å². The molecule has 2 aromatic carbocycles. The van der Waals surface area contributed by atoms with E-state index >= 15 is 0 Å². The summed E-state index contributed by atoms with van der Waals surface area (Å²) in [5, 5.41) is 0. The molecule has 3 heteroatoms. The lowest BCUT2D eigenvalue weighted by molar-refractivity contribution is -0.104. The number of hydrogen-bond acceptors (Lipinski definition) is 3. The Balaban J connectivity index is 2.23. The van der Waals surface area contributed by atoms with Gasteiger partial charge in [-0.3, -0.25) is 4.90 Å². The molecule has 30 heavy (non-hydrogen) atoms. The van der Waals surface area contributed by atoms with Crippen LogP contribution in [0.5, 0.6) is 5.75 Å². The van der Waals surface area contributed by atoms with Gasteiger partial charge in [-0.2, -0.15) is 0 Å². The molecule has 3 nitrogen and oxygen atoms in total. The van der Waals surface area contributed by atoms with Crippen LogP contribution in [0.1, 0.15) is 72.6 Å². The molecule has 0 N–H and O–H groups in total. The minimum atomic E-state index is -0.332. The first-order valence-electron chi connectivity index (χ1n) is 11.3. The van der Waals surface area contributed by atoms with Crippen LogP contribution in [0.15, 0.2) is 54.6 Å². The van der Waals surface area contributed by atoms with Crippen LogP contribution in [-0.4, -0.2) is 24.3 Å². The highest BCUT2D eigenvalue weighted by Crippen LogP contribution is 2.35. The third kappa shape index (κ3) is 6.85. The summed E-state index contributed by atoms with van der Waals surface area (Å²) < 4.78 is 12.2. The van der Waals surface area contributed by atoms with Crippen molar-refractivity contribution in [3.8, 4) is 5.75 Å². The first-order chi connectivity index (χ1) is 14.1. The zero-order valence-electron chi connectivity index (χ0n) is 20.2. The summed E-state index contributed by atoms with van der Waals surface area (Å²) in [6.07, 6.45) is -0.403. The zero-order chi connectivity index (χ0) is 22.3. The van der Waals surface area contributed by atoms with Crippen LogP contribution in [-0.2, 0) is 10.3 Å². The number of rotatable bonds is 11. The van der Waals surface area contributed by atoms with E-state index in [0.717, 1.165) is 18.8 Å². The molecular formula is C27H41NO2. The molecule has 2 aromatic rings. The fraction of sp³-hybridized carbons (Fsp3) is 0.556. The highest BCUT2D eigenvalue weighted by molar-refractivity contribution is 5.34. The summed E-state index contributed by atoms with van der Waals surface area (Å²) in [7, 11) is 0. The van der Waals surface area contributed by atoms with Gasteiger partial charge in [-0.15, -0.1) is 0 Å². The summed E-state index contributed by atoms with van der Waals surface area (Å²) in [5.74, 6) is 2.05. The largest absolute Gasteiger partial charge is 0.465 e. The van der Waals surface area contributed by atoms with Crippen molar-refractivity contribution in [1.82, 2.24) is 4.90 Å². The van der Waals surface area contributed by atoms with Gasteiger partial charge in [0.05, 0.1) is 6.10 Å². The van der Waals surface area contributed by atoms with E-state index in [0.29, 0.717) is 11.8 Å².